The summed E-state index contributed by atoms with van der Waals surface area (Å²) in [6, 6.07) is 6.95. The van der Waals surface area contributed by atoms with Gasteiger partial charge in [-0.05, 0) is 37.5 Å². The van der Waals surface area contributed by atoms with Crippen molar-refractivity contribution < 1.29 is 13.9 Å². The van der Waals surface area contributed by atoms with Crippen molar-refractivity contribution in [2.24, 2.45) is 0 Å². The van der Waals surface area contributed by atoms with Crippen LogP contribution < -0.4 is 15.5 Å². The lowest BCUT2D eigenvalue weighted by Gasteiger charge is -2.09. The van der Waals surface area contributed by atoms with Gasteiger partial charge in [0.2, 0.25) is 5.43 Å². The molecule has 4 rings (SSSR count). The van der Waals surface area contributed by atoms with E-state index >= 15 is 0 Å². The number of hydrogen-bond acceptors (Lipinski definition) is 4. The molecule has 0 saturated carbocycles. The van der Waals surface area contributed by atoms with Gasteiger partial charge in [0, 0.05) is 35.8 Å². The summed E-state index contributed by atoms with van der Waals surface area (Å²) in [4.78, 5) is 26.3. The van der Waals surface area contributed by atoms with Crippen molar-refractivity contribution in [3.63, 3.8) is 0 Å². The molecule has 6 heteroatoms. The van der Waals surface area contributed by atoms with Crippen LogP contribution in [0.3, 0.4) is 0 Å². The Hall–Kier alpha value is -3.02. The molecule has 0 atom stereocenters. The highest BCUT2D eigenvalue weighted by Crippen LogP contribution is 2.33. The van der Waals surface area contributed by atoms with Gasteiger partial charge in [0.25, 0.3) is 5.91 Å². The molecule has 0 bridgehead atoms. The van der Waals surface area contributed by atoms with Crippen molar-refractivity contribution in [2.45, 2.75) is 25.7 Å². The van der Waals surface area contributed by atoms with Gasteiger partial charge in [-0.2, -0.15) is 0 Å². The van der Waals surface area contributed by atoms with Crippen LogP contribution in [0.1, 0.15) is 24.2 Å². The number of nitrogens with one attached hydrogen (secondary N) is 2. The molecule has 0 unspecified atom stereocenters. The molecule has 1 amide bonds. The first-order valence-electron chi connectivity index (χ1n) is 8.35. The van der Waals surface area contributed by atoms with Gasteiger partial charge < -0.3 is 19.5 Å². The lowest BCUT2D eigenvalue weighted by atomic mass is 9.96. The van der Waals surface area contributed by atoms with Crippen molar-refractivity contribution in [3.8, 4) is 5.75 Å². The second-order valence-electron chi connectivity index (χ2n) is 6.13. The molecule has 0 spiro atoms. The number of aromatic nitrogens is 1. The number of H-pyrrole nitrogens is 1. The zero-order valence-electron chi connectivity index (χ0n) is 13.6. The van der Waals surface area contributed by atoms with E-state index in [0.717, 1.165) is 36.0 Å². The number of ether oxygens (including phenoxy) is 1. The van der Waals surface area contributed by atoms with E-state index in [9.17, 15) is 9.59 Å². The highest BCUT2D eigenvalue weighted by Gasteiger charge is 2.18. The molecule has 1 aliphatic carbocycles. The summed E-state index contributed by atoms with van der Waals surface area (Å²) in [5, 5.41) is 3.60. The Morgan fingerprint density at radius 2 is 2.12 bits per heavy atom. The SMILES string of the molecule is O=C(COc1ccc2oc3c(c2c1)CCCC3)Nc1c[nH]ccc1=O. The third kappa shape index (κ3) is 3.15. The van der Waals surface area contributed by atoms with E-state index in [4.69, 9.17) is 9.15 Å². The molecule has 0 fully saturated rings. The normalized spacial score (nSPS) is 13.4. The highest BCUT2D eigenvalue weighted by atomic mass is 16.5. The van der Waals surface area contributed by atoms with Gasteiger partial charge in [0.15, 0.2) is 6.61 Å². The van der Waals surface area contributed by atoms with Gasteiger partial charge in [-0.3, -0.25) is 9.59 Å². The van der Waals surface area contributed by atoms with Gasteiger partial charge in [0.1, 0.15) is 22.8 Å². The average molecular weight is 338 g/mol. The maximum atomic E-state index is 12.0. The Bertz CT molecular complexity index is 986. The van der Waals surface area contributed by atoms with Crippen LogP contribution in [-0.2, 0) is 17.6 Å². The minimum atomic E-state index is -0.383. The van der Waals surface area contributed by atoms with Crippen LogP contribution in [0.25, 0.3) is 11.0 Å². The highest BCUT2D eigenvalue weighted by molar-refractivity contribution is 5.91. The molecule has 2 aromatic heterocycles. The number of anilines is 1. The molecule has 2 heterocycles. The topological polar surface area (TPSA) is 84.3 Å². The molecule has 1 aliphatic rings. The number of pyridine rings is 1. The molecule has 0 radical (unpaired) electrons. The molecule has 128 valence electrons. The van der Waals surface area contributed by atoms with E-state index in [0.29, 0.717) is 5.75 Å². The molecule has 2 N–H and O–H groups in total. The van der Waals surface area contributed by atoms with Crippen LogP contribution >= 0.6 is 0 Å². The fraction of sp³-hybridized carbons (Fsp3) is 0.263. The van der Waals surface area contributed by atoms with Gasteiger partial charge in [-0.1, -0.05) is 0 Å². The van der Waals surface area contributed by atoms with E-state index in [-0.39, 0.29) is 23.6 Å². The third-order valence-corrected chi connectivity index (χ3v) is 4.39. The zero-order chi connectivity index (χ0) is 17.2. The van der Waals surface area contributed by atoms with E-state index in [1.807, 2.05) is 12.1 Å². The monoisotopic (exact) mass is 338 g/mol. The van der Waals surface area contributed by atoms with Crippen molar-refractivity contribution in [1.82, 2.24) is 4.98 Å². The molecule has 0 aliphatic heterocycles. The molecule has 1 aromatic carbocycles. The van der Waals surface area contributed by atoms with E-state index < -0.39 is 0 Å². The van der Waals surface area contributed by atoms with E-state index in [2.05, 4.69) is 10.3 Å². The van der Waals surface area contributed by atoms with Crippen LogP contribution in [0.4, 0.5) is 5.69 Å². The lowest BCUT2D eigenvalue weighted by Crippen LogP contribution is -2.23. The standard InChI is InChI=1S/C19H18N2O4/c22-16-7-8-20-10-15(16)21-19(23)11-24-12-5-6-18-14(9-12)13-3-1-2-4-17(13)25-18/h5-10H,1-4,11H2,(H,20,22)(H,21,23). The lowest BCUT2D eigenvalue weighted by molar-refractivity contribution is -0.118. The number of furan rings is 1. The number of hydrogen-bond donors (Lipinski definition) is 2. The summed E-state index contributed by atoms with van der Waals surface area (Å²) in [6.07, 6.45) is 7.28. The fourth-order valence-electron chi connectivity index (χ4n) is 3.18. The van der Waals surface area contributed by atoms with Crippen molar-refractivity contribution in [2.75, 3.05) is 11.9 Å². The summed E-state index contributed by atoms with van der Waals surface area (Å²) < 4.78 is 11.5. The number of aryl methyl sites for hydroxylation is 2. The largest absolute Gasteiger partial charge is 0.484 e. The van der Waals surface area contributed by atoms with Crippen molar-refractivity contribution in [1.29, 1.82) is 0 Å². The number of carbonyl (C=O) groups excluding carboxylic acids is 1. The zero-order valence-corrected chi connectivity index (χ0v) is 13.6. The fourth-order valence-corrected chi connectivity index (χ4v) is 3.18. The Balaban J connectivity index is 1.46. The first kappa shape index (κ1) is 15.5. The van der Waals surface area contributed by atoms with Crippen LogP contribution in [0.5, 0.6) is 5.75 Å². The number of aromatic amines is 1. The predicted molar refractivity (Wildman–Crippen MR) is 94.0 cm³/mol. The molecule has 25 heavy (non-hydrogen) atoms. The minimum Gasteiger partial charge on any atom is -0.484 e. The van der Waals surface area contributed by atoms with Gasteiger partial charge >= 0.3 is 0 Å². The third-order valence-electron chi connectivity index (χ3n) is 4.39. The van der Waals surface area contributed by atoms with Crippen LogP contribution in [0.15, 0.2) is 45.9 Å². The number of benzene rings is 1. The molecule has 3 aromatic rings. The summed E-state index contributed by atoms with van der Waals surface area (Å²) in [5.41, 5.74) is 2.07. The van der Waals surface area contributed by atoms with Crippen molar-refractivity contribution >= 4 is 22.6 Å². The summed E-state index contributed by atoms with van der Waals surface area (Å²) in [6.45, 7) is -0.167. The Morgan fingerprint density at radius 3 is 3.00 bits per heavy atom. The quantitative estimate of drug-likeness (QED) is 0.766. The predicted octanol–water partition coefficient (Wildman–Crippen LogP) is 3.02. The smallest absolute Gasteiger partial charge is 0.262 e. The molecular formula is C19H18N2O4. The summed E-state index contributed by atoms with van der Waals surface area (Å²) in [5.74, 6) is 1.30. The van der Waals surface area contributed by atoms with Gasteiger partial charge in [-0.15, -0.1) is 0 Å². The summed E-state index contributed by atoms with van der Waals surface area (Å²) >= 11 is 0. The van der Waals surface area contributed by atoms with E-state index in [1.165, 1.54) is 30.4 Å². The van der Waals surface area contributed by atoms with Crippen LogP contribution in [0.2, 0.25) is 0 Å². The Morgan fingerprint density at radius 1 is 1.24 bits per heavy atom. The first-order valence-corrected chi connectivity index (χ1v) is 8.35. The van der Waals surface area contributed by atoms with Gasteiger partial charge in [-0.25, -0.2) is 0 Å². The minimum absolute atomic E-state index is 0.167. The van der Waals surface area contributed by atoms with E-state index in [1.54, 1.807) is 6.07 Å². The molecule has 6 nitrogen and oxygen atoms in total. The van der Waals surface area contributed by atoms with Crippen molar-refractivity contribution in [3.05, 3.63) is 58.2 Å². The maximum absolute atomic E-state index is 12.0. The maximum Gasteiger partial charge on any atom is 0.262 e. The second kappa shape index (κ2) is 6.47. The van der Waals surface area contributed by atoms with Crippen LogP contribution in [0, 0.1) is 0 Å². The Labute approximate surface area is 143 Å². The average Bonchev–Trinajstić information content (AvgIpc) is 3.00. The first-order chi connectivity index (χ1) is 12.2. The molecular weight excluding hydrogens is 320 g/mol. The molecule has 0 saturated heterocycles. The second-order valence-corrected chi connectivity index (χ2v) is 6.13. The Kier molecular flexibility index (Phi) is 4.01. The van der Waals surface area contributed by atoms with Crippen LogP contribution in [-0.4, -0.2) is 17.5 Å². The summed E-state index contributed by atoms with van der Waals surface area (Å²) in [7, 11) is 0. The van der Waals surface area contributed by atoms with Gasteiger partial charge in [0.05, 0.1) is 0 Å². The number of amides is 1. The number of fused-ring (bicyclic) bond motifs is 3. The number of rotatable bonds is 4. The number of carbonyl (C=O) groups is 1.